The molecule has 2 atom stereocenters. The molecule has 0 amide bonds. The maximum absolute atomic E-state index is 3.89. The fraction of sp³-hybridized carbons (Fsp3) is 0.333. The highest BCUT2D eigenvalue weighted by Gasteiger charge is 2.31. The van der Waals surface area contributed by atoms with E-state index in [0.29, 0.717) is 5.92 Å². The lowest BCUT2D eigenvalue weighted by Gasteiger charge is -2.35. The van der Waals surface area contributed by atoms with Gasteiger partial charge in [0.2, 0.25) is 0 Å². The summed E-state index contributed by atoms with van der Waals surface area (Å²) in [5.41, 5.74) is 3.08. The monoisotopic (exact) mass is 198 g/mol. The number of hydrogen-bond acceptors (Lipinski definition) is 0. The van der Waals surface area contributed by atoms with Crippen molar-refractivity contribution in [2.45, 2.75) is 20.3 Å². The van der Waals surface area contributed by atoms with E-state index in [4.69, 9.17) is 0 Å². The molecule has 2 aliphatic rings. The third kappa shape index (κ3) is 1.65. The molecule has 2 unspecified atom stereocenters. The minimum absolute atomic E-state index is 0.204. The van der Waals surface area contributed by atoms with E-state index in [-0.39, 0.29) is 5.41 Å². The van der Waals surface area contributed by atoms with Crippen LogP contribution in [0.3, 0.4) is 0 Å². The van der Waals surface area contributed by atoms with E-state index in [9.17, 15) is 0 Å². The predicted molar refractivity (Wildman–Crippen MR) is 66.5 cm³/mol. The fourth-order valence-corrected chi connectivity index (χ4v) is 2.34. The maximum Gasteiger partial charge on any atom is 0.0144 e. The zero-order chi connectivity index (χ0) is 10.9. The van der Waals surface area contributed by atoms with Gasteiger partial charge in [0.25, 0.3) is 0 Å². The van der Waals surface area contributed by atoms with Gasteiger partial charge in [-0.1, -0.05) is 56.4 Å². The van der Waals surface area contributed by atoms with Crippen molar-refractivity contribution >= 4 is 0 Å². The highest BCUT2D eigenvalue weighted by molar-refractivity contribution is 5.50. The SMILES string of the molecule is C=CC(C)C1=CC=CC2(C)CC=CC=C12. The summed E-state index contributed by atoms with van der Waals surface area (Å²) in [6, 6.07) is 0. The molecule has 78 valence electrons. The molecule has 0 aromatic heterocycles. The van der Waals surface area contributed by atoms with Gasteiger partial charge in [-0.2, -0.15) is 0 Å². The average molecular weight is 198 g/mol. The quantitative estimate of drug-likeness (QED) is 0.583. The summed E-state index contributed by atoms with van der Waals surface area (Å²) < 4.78 is 0. The smallest absolute Gasteiger partial charge is 0.0144 e. The number of fused-ring (bicyclic) bond motifs is 1. The van der Waals surface area contributed by atoms with Gasteiger partial charge in [0, 0.05) is 5.41 Å². The first-order chi connectivity index (χ1) is 7.17. The minimum atomic E-state index is 0.204. The molecule has 0 nitrogen and oxygen atoms in total. The summed E-state index contributed by atoms with van der Waals surface area (Å²) in [7, 11) is 0. The van der Waals surface area contributed by atoms with Crippen molar-refractivity contribution in [1.82, 2.24) is 0 Å². The number of hydrogen-bond donors (Lipinski definition) is 0. The van der Waals surface area contributed by atoms with E-state index in [1.54, 1.807) is 0 Å². The molecule has 0 heteroatoms. The van der Waals surface area contributed by atoms with Crippen LogP contribution in [-0.4, -0.2) is 0 Å². The van der Waals surface area contributed by atoms with E-state index < -0.39 is 0 Å². The van der Waals surface area contributed by atoms with Gasteiger partial charge in [0.05, 0.1) is 0 Å². The Morgan fingerprint density at radius 2 is 2.20 bits per heavy atom. The van der Waals surface area contributed by atoms with E-state index in [0.717, 1.165) is 6.42 Å². The molecule has 0 bridgehead atoms. The maximum atomic E-state index is 3.89. The Labute approximate surface area is 92.4 Å². The van der Waals surface area contributed by atoms with Crippen molar-refractivity contribution < 1.29 is 0 Å². The second-order valence-corrected chi connectivity index (χ2v) is 4.64. The minimum Gasteiger partial charge on any atom is -0.102 e. The molecule has 0 N–H and O–H groups in total. The van der Waals surface area contributed by atoms with Crippen LogP contribution in [0.1, 0.15) is 20.3 Å². The molecule has 0 saturated heterocycles. The van der Waals surface area contributed by atoms with Crippen molar-refractivity contribution in [1.29, 1.82) is 0 Å². The van der Waals surface area contributed by atoms with Gasteiger partial charge in [-0.15, -0.1) is 6.58 Å². The Bertz CT molecular complexity index is 390. The highest BCUT2D eigenvalue weighted by Crippen LogP contribution is 2.44. The Morgan fingerprint density at radius 1 is 1.40 bits per heavy atom. The molecule has 2 aliphatic carbocycles. The van der Waals surface area contributed by atoms with Crippen LogP contribution in [0.4, 0.5) is 0 Å². The standard InChI is InChI=1S/C15H18/c1-4-12(2)13-8-7-11-15(3)10-6-5-9-14(13)15/h4-9,11-12H,1,10H2,2-3H3. The Kier molecular flexibility index (Phi) is 2.52. The van der Waals surface area contributed by atoms with Crippen LogP contribution in [-0.2, 0) is 0 Å². The van der Waals surface area contributed by atoms with Gasteiger partial charge in [-0.25, -0.2) is 0 Å². The van der Waals surface area contributed by atoms with Crippen LogP contribution in [0.15, 0.2) is 60.3 Å². The van der Waals surface area contributed by atoms with Crippen LogP contribution < -0.4 is 0 Å². The van der Waals surface area contributed by atoms with Crippen LogP contribution in [0, 0.1) is 11.3 Å². The van der Waals surface area contributed by atoms with Crippen molar-refractivity contribution in [2.75, 3.05) is 0 Å². The lowest BCUT2D eigenvalue weighted by atomic mass is 9.68. The second kappa shape index (κ2) is 3.69. The first-order valence-corrected chi connectivity index (χ1v) is 5.57. The van der Waals surface area contributed by atoms with Crippen molar-refractivity contribution in [3.8, 4) is 0 Å². The van der Waals surface area contributed by atoms with Gasteiger partial charge in [0.1, 0.15) is 0 Å². The summed E-state index contributed by atoms with van der Waals surface area (Å²) in [5.74, 6) is 0.437. The number of allylic oxidation sites excluding steroid dienone is 9. The van der Waals surface area contributed by atoms with Crippen LogP contribution in [0.2, 0.25) is 0 Å². The van der Waals surface area contributed by atoms with E-state index in [1.807, 2.05) is 6.08 Å². The summed E-state index contributed by atoms with van der Waals surface area (Å²) in [6.45, 7) is 8.40. The van der Waals surface area contributed by atoms with Gasteiger partial charge >= 0.3 is 0 Å². The molecule has 0 fully saturated rings. The fourth-order valence-electron chi connectivity index (χ4n) is 2.34. The Morgan fingerprint density at radius 3 is 2.93 bits per heavy atom. The molecular formula is C15H18. The number of rotatable bonds is 2. The first kappa shape index (κ1) is 10.2. The molecule has 2 rings (SSSR count). The summed E-state index contributed by atoms with van der Waals surface area (Å²) in [4.78, 5) is 0. The lowest BCUT2D eigenvalue weighted by molar-refractivity contribution is 0.509. The predicted octanol–water partition coefficient (Wildman–Crippen LogP) is 4.20. The Balaban J connectivity index is 2.45. The van der Waals surface area contributed by atoms with Crippen molar-refractivity contribution in [3.05, 3.63) is 60.3 Å². The van der Waals surface area contributed by atoms with Crippen molar-refractivity contribution in [3.63, 3.8) is 0 Å². The summed E-state index contributed by atoms with van der Waals surface area (Å²) in [5, 5.41) is 0. The van der Waals surface area contributed by atoms with E-state index in [1.165, 1.54) is 11.1 Å². The first-order valence-electron chi connectivity index (χ1n) is 5.57. The highest BCUT2D eigenvalue weighted by atomic mass is 14.3. The molecular weight excluding hydrogens is 180 g/mol. The van der Waals surface area contributed by atoms with E-state index >= 15 is 0 Å². The van der Waals surface area contributed by atoms with Crippen LogP contribution >= 0.6 is 0 Å². The molecule has 0 aromatic rings. The van der Waals surface area contributed by atoms with Gasteiger partial charge in [-0.3, -0.25) is 0 Å². The molecule has 0 radical (unpaired) electrons. The van der Waals surface area contributed by atoms with Gasteiger partial charge in [-0.05, 0) is 23.5 Å². The molecule has 0 aromatic carbocycles. The molecule has 0 aliphatic heterocycles. The summed E-state index contributed by atoms with van der Waals surface area (Å²) >= 11 is 0. The summed E-state index contributed by atoms with van der Waals surface area (Å²) in [6.07, 6.45) is 16.5. The van der Waals surface area contributed by atoms with Gasteiger partial charge < -0.3 is 0 Å². The normalized spacial score (nSPS) is 30.3. The van der Waals surface area contributed by atoms with Crippen LogP contribution in [0.5, 0.6) is 0 Å². The molecule has 15 heavy (non-hydrogen) atoms. The van der Waals surface area contributed by atoms with Gasteiger partial charge in [0.15, 0.2) is 0 Å². The van der Waals surface area contributed by atoms with Crippen LogP contribution in [0.25, 0.3) is 0 Å². The zero-order valence-electron chi connectivity index (χ0n) is 9.53. The largest absolute Gasteiger partial charge is 0.102 e. The molecule has 0 saturated carbocycles. The van der Waals surface area contributed by atoms with E-state index in [2.05, 4.69) is 56.9 Å². The second-order valence-electron chi connectivity index (χ2n) is 4.64. The molecule has 0 heterocycles. The lowest BCUT2D eigenvalue weighted by Crippen LogP contribution is -2.23. The zero-order valence-corrected chi connectivity index (χ0v) is 9.53. The van der Waals surface area contributed by atoms with Crippen molar-refractivity contribution in [2.24, 2.45) is 11.3 Å². The third-order valence-corrected chi connectivity index (χ3v) is 3.45. The average Bonchev–Trinajstić information content (AvgIpc) is 2.26. The molecule has 0 spiro atoms. The topological polar surface area (TPSA) is 0 Å². The third-order valence-electron chi connectivity index (χ3n) is 3.45. The Hall–Kier alpha value is -1.30.